The Morgan fingerprint density at radius 2 is 2.38 bits per heavy atom. The first kappa shape index (κ1) is 18.4. The summed E-state index contributed by atoms with van der Waals surface area (Å²) in [5, 5.41) is 9.51. The number of hydrogen-bond donors (Lipinski definition) is 2. The van der Waals surface area contributed by atoms with Gasteiger partial charge in [-0.15, -0.1) is 11.3 Å². The van der Waals surface area contributed by atoms with E-state index in [1.807, 2.05) is 6.07 Å². The highest BCUT2D eigenvalue weighted by atomic mass is 32.1. The van der Waals surface area contributed by atoms with Gasteiger partial charge in [-0.3, -0.25) is 4.79 Å². The number of nitrogen functional groups attached to an aromatic ring is 1. The molecule has 2 aromatic heterocycles. The first-order valence-electron chi connectivity index (χ1n) is 8.74. The summed E-state index contributed by atoms with van der Waals surface area (Å²) in [6, 6.07) is 4.08. The first-order chi connectivity index (χ1) is 12.6. The van der Waals surface area contributed by atoms with Crippen LogP contribution in [-0.4, -0.2) is 37.2 Å². The minimum Gasteiger partial charge on any atom is -0.397 e. The number of piperidine rings is 1. The maximum absolute atomic E-state index is 11.3. The van der Waals surface area contributed by atoms with Gasteiger partial charge in [0.2, 0.25) is 5.91 Å². The molecular weight excluding hydrogens is 350 g/mol. The lowest BCUT2D eigenvalue weighted by atomic mass is 9.98. The van der Waals surface area contributed by atoms with Crippen LogP contribution in [0.5, 0.6) is 0 Å². The number of nitrogens with two attached hydrogens (primary N) is 2. The van der Waals surface area contributed by atoms with Crippen LogP contribution in [0.4, 0.5) is 11.4 Å². The van der Waals surface area contributed by atoms with E-state index in [0.29, 0.717) is 31.2 Å². The molecule has 3 rings (SSSR count). The molecule has 2 aromatic rings. The molecule has 0 saturated carbocycles. The lowest BCUT2D eigenvalue weighted by molar-refractivity contribution is -0.117. The second-order valence-electron chi connectivity index (χ2n) is 6.53. The summed E-state index contributed by atoms with van der Waals surface area (Å²) in [5.41, 5.74) is 13.3. The van der Waals surface area contributed by atoms with Gasteiger partial charge in [0.25, 0.3) is 0 Å². The summed E-state index contributed by atoms with van der Waals surface area (Å²) < 4.78 is 5.62. The molecule has 1 amide bonds. The van der Waals surface area contributed by atoms with Crippen LogP contribution in [0.1, 0.15) is 24.1 Å². The van der Waals surface area contributed by atoms with Gasteiger partial charge in [0.1, 0.15) is 4.83 Å². The molecule has 1 aliphatic rings. The van der Waals surface area contributed by atoms with Crippen LogP contribution >= 0.6 is 11.3 Å². The monoisotopic (exact) mass is 373 g/mol. The van der Waals surface area contributed by atoms with Crippen molar-refractivity contribution in [2.75, 3.05) is 36.9 Å². The van der Waals surface area contributed by atoms with Gasteiger partial charge in [0.05, 0.1) is 48.9 Å². The molecule has 1 unspecified atom stereocenters. The van der Waals surface area contributed by atoms with Crippen LogP contribution in [0.3, 0.4) is 0 Å². The lowest BCUT2D eigenvalue weighted by Gasteiger charge is -2.34. The number of pyridine rings is 1. The topological polar surface area (TPSA) is 118 Å². The van der Waals surface area contributed by atoms with E-state index in [1.54, 1.807) is 6.20 Å². The van der Waals surface area contributed by atoms with Gasteiger partial charge in [0.15, 0.2) is 0 Å². The van der Waals surface area contributed by atoms with E-state index >= 15 is 0 Å². The molecule has 0 spiro atoms. The number of primary amides is 1. The highest BCUT2D eigenvalue weighted by Crippen LogP contribution is 2.39. The number of carbonyl (C=O) groups is 1. The number of carbonyl (C=O) groups excluding carboxylic acids is 1. The molecule has 0 aliphatic carbocycles. The minimum atomic E-state index is -0.391. The molecule has 1 aliphatic heterocycles. The Morgan fingerprint density at radius 3 is 3.15 bits per heavy atom. The van der Waals surface area contributed by atoms with Gasteiger partial charge < -0.3 is 21.1 Å². The second-order valence-corrected chi connectivity index (χ2v) is 7.61. The highest BCUT2D eigenvalue weighted by molar-refractivity contribution is 7.19. The third kappa shape index (κ3) is 4.06. The number of rotatable bonds is 7. The largest absolute Gasteiger partial charge is 0.397 e. The zero-order chi connectivity index (χ0) is 18.5. The summed E-state index contributed by atoms with van der Waals surface area (Å²) in [6.07, 6.45) is 4.55. The molecule has 1 saturated heterocycles. The quantitative estimate of drug-likeness (QED) is 0.717. The number of thiophene rings is 1. The fourth-order valence-electron chi connectivity index (χ4n) is 3.42. The summed E-state index contributed by atoms with van der Waals surface area (Å²) in [4.78, 5) is 19.6. The predicted octanol–water partition coefficient (Wildman–Crippen LogP) is 2.05. The van der Waals surface area contributed by atoms with Gasteiger partial charge in [-0.05, 0) is 24.8 Å². The number of hydrogen-bond acceptors (Lipinski definition) is 7. The van der Waals surface area contributed by atoms with Gasteiger partial charge in [-0.25, -0.2) is 4.98 Å². The first-order valence-corrected chi connectivity index (χ1v) is 9.55. The Hall–Kier alpha value is -2.37. The Balaban J connectivity index is 1.79. The van der Waals surface area contributed by atoms with Crippen molar-refractivity contribution < 1.29 is 9.53 Å². The number of nitriles is 1. The molecule has 8 heteroatoms. The second kappa shape index (κ2) is 8.34. The SMILES string of the molecule is N#CCCOCC1CCCN(c2ccnc3sc(CC(N)=O)c(N)c23)C1. The third-order valence-electron chi connectivity index (χ3n) is 4.59. The maximum atomic E-state index is 11.3. The molecule has 26 heavy (non-hydrogen) atoms. The average molecular weight is 373 g/mol. The van der Waals surface area contributed by atoms with Crippen LogP contribution < -0.4 is 16.4 Å². The predicted molar refractivity (Wildman–Crippen MR) is 103 cm³/mol. The Bertz CT molecular complexity index is 829. The van der Waals surface area contributed by atoms with E-state index in [-0.39, 0.29) is 6.42 Å². The lowest BCUT2D eigenvalue weighted by Crippen LogP contribution is -2.37. The van der Waals surface area contributed by atoms with Gasteiger partial charge in [-0.2, -0.15) is 5.26 Å². The molecule has 0 bridgehead atoms. The third-order valence-corrected chi connectivity index (χ3v) is 5.70. The molecule has 0 radical (unpaired) electrons. The molecule has 4 N–H and O–H groups in total. The van der Waals surface area contributed by atoms with Crippen LogP contribution in [0.25, 0.3) is 10.2 Å². The van der Waals surface area contributed by atoms with E-state index < -0.39 is 5.91 Å². The standard InChI is InChI=1S/C18H23N5O2S/c19-5-2-8-25-11-12-3-1-7-23(10-12)13-4-6-22-18-16(13)17(21)14(26-18)9-15(20)24/h4,6,12H,1-3,7-11,21H2,(H2,20,24). The zero-order valence-electron chi connectivity index (χ0n) is 14.6. The van der Waals surface area contributed by atoms with E-state index in [1.165, 1.54) is 11.3 Å². The highest BCUT2D eigenvalue weighted by Gasteiger charge is 2.24. The number of fused-ring (bicyclic) bond motifs is 1. The Labute approximate surface area is 156 Å². The van der Waals surface area contributed by atoms with Crippen LogP contribution in [0.2, 0.25) is 0 Å². The van der Waals surface area contributed by atoms with E-state index in [4.69, 9.17) is 21.5 Å². The fraction of sp³-hybridized carbons (Fsp3) is 0.500. The number of ether oxygens (including phenoxy) is 1. The average Bonchev–Trinajstić information content (AvgIpc) is 2.94. The van der Waals surface area contributed by atoms with Crippen molar-refractivity contribution in [1.82, 2.24) is 4.98 Å². The van der Waals surface area contributed by atoms with Crippen molar-refractivity contribution in [3.8, 4) is 6.07 Å². The van der Waals surface area contributed by atoms with Crippen molar-refractivity contribution in [1.29, 1.82) is 5.26 Å². The summed E-state index contributed by atoms with van der Waals surface area (Å²) in [7, 11) is 0. The number of aromatic nitrogens is 1. The van der Waals surface area contributed by atoms with Crippen LogP contribution in [0.15, 0.2) is 12.3 Å². The molecule has 1 atom stereocenters. The van der Waals surface area contributed by atoms with E-state index in [9.17, 15) is 4.79 Å². The van der Waals surface area contributed by atoms with Crippen molar-refractivity contribution in [3.63, 3.8) is 0 Å². The van der Waals surface area contributed by atoms with Crippen molar-refractivity contribution in [2.24, 2.45) is 11.7 Å². The van der Waals surface area contributed by atoms with Crippen LogP contribution in [0, 0.1) is 17.2 Å². The number of anilines is 2. The van der Waals surface area contributed by atoms with E-state index in [2.05, 4.69) is 16.0 Å². The summed E-state index contributed by atoms with van der Waals surface area (Å²) >= 11 is 1.43. The number of nitrogens with zero attached hydrogens (tertiary/aromatic N) is 3. The maximum Gasteiger partial charge on any atom is 0.222 e. The molecular formula is C18H23N5O2S. The number of amides is 1. The van der Waals surface area contributed by atoms with Gasteiger partial charge in [0, 0.05) is 24.2 Å². The van der Waals surface area contributed by atoms with Crippen molar-refractivity contribution >= 4 is 38.8 Å². The zero-order valence-corrected chi connectivity index (χ0v) is 15.4. The van der Waals surface area contributed by atoms with E-state index in [0.717, 1.165) is 46.7 Å². The molecule has 0 aromatic carbocycles. The molecule has 3 heterocycles. The minimum absolute atomic E-state index is 0.141. The molecule has 1 fully saturated rings. The summed E-state index contributed by atoms with van der Waals surface area (Å²) in [5.74, 6) is 0.0352. The molecule has 7 nitrogen and oxygen atoms in total. The van der Waals surface area contributed by atoms with Crippen molar-refractivity contribution in [3.05, 3.63) is 17.1 Å². The fourth-order valence-corrected chi connectivity index (χ4v) is 4.51. The Kier molecular flexibility index (Phi) is 5.91. The van der Waals surface area contributed by atoms with Crippen molar-refractivity contribution in [2.45, 2.75) is 25.7 Å². The van der Waals surface area contributed by atoms with Gasteiger partial charge in [-0.1, -0.05) is 0 Å². The normalized spacial score (nSPS) is 17.3. The smallest absolute Gasteiger partial charge is 0.222 e. The van der Waals surface area contributed by atoms with Crippen LogP contribution in [-0.2, 0) is 16.0 Å². The Morgan fingerprint density at radius 1 is 1.54 bits per heavy atom. The van der Waals surface area contributed by atoms with Gasteiger partial charge >= 0.3 is 0 Å². The molecule has 138 valence electrons. The summed E-state index contributed by atoms with van der Waals surface area (Å²) in [6.45, 7) is 2.99.